The molecule has 2 aromatic rings. The molecule has 0 spiro atoms. The highest BCUT2D eigenvalue weighted by atomic mass is 19.1. The number of aromatic nitrogens is 2. The van der Waals surface area contributed by atoms with Gasteiger partial charge in [0.1, 0.15) is 5.82 Å². The second-order valence-electron chi connectivity index (χ2n) is 7.53. The summed E-state index contributed by atoms with van der Waals surface area (Å²) in [6, 6.07) is 1.12. The predicted octanol–water partition coefficient (Wildman–Crippen LogP) is -0.161. The molecule has 1 saturated carbocycles. The van der Waals surface area contributed by atoms with E-state index in [2.05, 4.69) is 0 Å². The first-order valence-electron chi connectivity index (χ1n) is 9.14. The molecule has 8 nitrogen and oxygen atoms in total. The molecule has 0 bridgehead atoms. The highest BCUT2D eigenvalue weighted by molar-refractivity contribution is 5.87. The zero-order valence-corrected chi connectivity index (χ0v) is 15.1. The van der Waals surface area contributed by atoms with Crippen molar-refractivity contribution >= 4 is 16.6 Å². The molecule has 2 heterocycles. The van der Waals surface area contributed by atoms with Crippen molar-refractivity contribution in [1.82, 2.24) is 9.24 Å². The van der Waals surface area contributed by atoms with Crippen LogP contribution in [0.3, 0.4) is 0 Å². The number of halogens is 1. The Morgan fingerprint density at radius 2 is 2.04 bits per heavy atom. The lowest BCUT2D eigenvalue weighted by Crippen LogP contribution is -2.44. The summed E-state index contributed by atoms with van der Waals surface area (Å²) < 4.78 is 17.0. The van der Waals surface area contributed by atoms with E-state index in [9.17, 15) is 19.1 Å². The number of rotatable bonds is 4. The largest absolute Gasteiger partial charge is 0.394 e. The molecule has 1 aliphatic heterocycles. The monoisotopic (exact) mass is 378 g/mol. The molecule has 1 aliphatic carbocycles. The van der Waals surface area contributed by atoms with E-state index in [0.29, 0.717) is 41.0 Å². The fraction of sp³-hybridized carbons (Fsp3) is 0.556. The molecule has 1 aromatic carbocycles. The number of nitrogens with two attached hydrogens (primary N) is 1. The molecule has 2 aliphatic rings. The Bertz CT molecular complexity index is 1030. The van der Waals surface area contributed by atoms with Crippen LogP contribution in [0.15, 0.2) is 15.7 Å². The van der Waals surface area contributed by atoms with Gasteiger partial charge in [-0.1, -0.05) is 0 Å². The second-order valence-corrected chi connectivity index (χ2v) is 7.53. The third kappa shape index (κ3) is 2.72. The van der Waals surface area contributed by atoms with E-state index in [1.807, 2.05) is 4.90 Å². The van der Waals surface area contributed by atoms with E-state index in [0.717, 1.165) is 18.9 Å². The maximum absolute atomic E-state index is 15.0. The molecule has 1 saturated heterocycles. The quantitative estimate of drug-likeness (QED) is 0.637. The Morgan fingerprint density at radius 1 is 1.33 bits per heavy atom. The second kappa shape index (κ2) is 6.35. The van der Waals surface area contributed by atoms with Gasteiger partial charge in [-0.3, -0.25) is 9.36 Å². The number of aliphatic hydroxyl groups excluding tert-OH is 2. The lowest BCUT2D eigenvalue weighted by molar-refractivity contribution is 0.0545. The Hall–Kier alpha value is -2.39. The third-order valence-corrected chi connectivity index (χ3v) is 5.75. The molecule has 9 heteroatoms. The summed E-state index contributed by atoms with van der Waals surface area (Å²) in [7, 11) is 0. The average Bonchev–Trinajstić information content (AvgIpc) is 3.37. The van der Waals surface area contributed by atoms with Crippen molar-refractivity contribution < 1.29 is 14.6 Å². The van der Waals surface area contributed by atoms with Gasteiger partial charge in [-0.05, 0) is 32.3 Å². The maximum atomic E-state index is 15.0. The fourth-order valence-electron chi connectivity index (χ4n) is 4.17. The van der Waals surface area contributed by atoms with Crippen LogP contribution in [-0.2, 0) is 0 Å². The zero-order valence-electron chi connectivity index (χ0n) is 15.1. The van der Waals surface area contributed by atoms with Crippen LogP contribution in [0, 0.1) is 18.7 Å². The van der Waals surface area contributed by atoms with Crippen LogP contribution in [0.25, 0.3) is 10.9 Å². The minimum atomic E-state index is -0.854. The van der Waals surface area contributed by atoms with Gasteiger partial charge in [0, 0.05) is 30.6 Å². The summed E-state index contributed by atoms with van der Waals surface area (Å²) in [6.45, 7) is 2.28. The Kier molecular flexibility index (Phi) is 4.23. The smallest absolute Gasteiger partial charge is 0.350 e. The number of nitrogen functional groups attached to an aromatic ring is 1. The first-order valence-corrected chi connectivity index (χ1v) is 9.14. The summed E-state index contributed by atoms with van der Waals surface area (Å²) in [5.74, 6) is 4.91. The molecular formula is C18H23FN4O4. The zero-order chi connectivity index (χ0) is 19.5. The van der Waals surface area contributed by atoms with Crippen LogP contribution >= 0.6 is 0 Å². The average molecular weight is 378 g/mol. The van der Waals surface area contributed by atoms with Gasteiger partial charge in [0.15, 0.2) is 0 Å². The van der Waals surface area contributed by atoms with Crippen molar-refractivity contribution in [3.8, 4) is 0 Å². The van der Waals surface area contributed by atoms with Crippen LogP contribution in [-0.4, -0.2) is 45.3 Å². The summed E-state index contributed by atoms with van der Waals surface area (Å²) in [4.78, 5) is 26.8. The highest BCUT2D eigenvalue weighted by Crippen LogP contribution is 2.39. The Balaban J connectivity index is 1.91. The molecule has 0 radical (unpaired) electrons. The molecule has 146 valence electrons. The fourth-order valence-corrected chi connectivity index (χ4v) is 4.17. The Morgan fingerprint density at radius 3 is 2.67 bits per heavy atom. The minimum Gasteiger partial charge on any atom is -0.394 e. The molecular weight excluding hydrogens is 355 g/mol. The number of fused-ring (bicyclic) bond motifs is 1. The summed E-state index contributed by atoms with van der Waals surface area (Å²) in [5, 5.41) is 19.1. The number of anilines is 1. The molecule has 2 atom stereocenters. The van der Waals surface area contributed by atoms with Gasteiger partial charge < -0.3 is 21.0 Å². The van der Waals surface area contributed by atoms with Crippen LogP contribution in [0.1, 0.15) is 30.9 Å². The third-order valence-electron chi connectivity index (χ3n) is 5.75. The SMILES string of the molecule is Cc1c(N2CCC(C(O)CO)C2)c(F)cc2c(=O)n(N)c(=O)n(C3CC3)c12. The number of aliphatic hydroxyl groups is 2. The number of benzene rings is 1. The van der Waals surface area contributed by atoms with E-state index in [-0.39, 0.29) is 24.0 Å². The molecule has 1 aromatic heterocycles. The van der Waals surface area contributed by atoms with Crippen LogP contribution < -0.4 is 22.0 Å². The van der Waals surface area contributed by atoms with Crippen molar-refractivity contribution in [2.24, 2.45) is 5.92 Å². The van der Waals surface area contributed by atoms with Gasteiger partial charge in [-0.2, -0.15) is 4.68 Å². The summed E-state index contributed by atoms with van der Waals surface area (Å²) in [6.07, 6.45) is 1.40. The van der Waals surface area contributed by atoms with Crippen LogP contribution in [0.5, 0.6) is 0 Å². The number of nitrogens with zero attached hydrogens (tertiary/aromatic N) is 3. The summed E-state index contributed by atoms with van der Waals surface area (Å²) >= 11 is 0. The van der Waals surface area contributed by atoms with E-state index >= 15 is 0 Å². The van der Waals surface area contributed by atoms with Crippen molar-refractivity contribution in [2.45, 2.75) is 38.3 Å². The number of aryl methyl sites for hydroxylation is 1. The van der Waals surface area contributed by atoms with Gasteiger partial charge in [0.05, 0.1) is 29.3 Å². The van der Waals surface area contributed by atoms with E-state index in [4.69, 9.17) is 10.9 Å². The van der Waals surface area contributed by atoms with E-state index in [1.165, 1.54) is 4.57 Å². The maximum Gasteiger partial charge on any atom is 0.350 e. The van der Waals surface area contributed by atoms with Crippen LogP contribution in [0.4, 0.5) is 10.1 Å². The molecule has 4 rings (SSSR count). The molecule has 2 unspecified atom stereocenters. The highest BCUT2D eigenvalue weighted by Gasteiger charge is 2.33. The molecule has 4 N–H and O–H groups in total. The standard InChI is InChI=1S/C18H23FN4O4/c1-9-15-12(17(26)23(20)18(27)22(15)11-2-3-11)6-13(19)16(9)21-5-4-10(7-21)14(25)8-24/h6,10-11,14,24-25H,2-5,7-8,20H2,1H3. The van der Waals surface area contributed by atoms with Gasteiger partial charge in [-0.25, -0.2) is 9.18 Å². The van der Waals surface area contributed by atoms with E-state index in [1.54, 1.807) is 6.92 Å². The lowest BCUT2D eigenvalue weighted by atomic mass is 10.0. The first-order chi connectivity index (χ1) is 12.8. The van der Waals surface area contributed by atoms with Gasteiger partial charge in [0.25, 0.3) is 5.56 Å². The predicted molar refractivity (Wildman–Crippen MR) is 99.0 cm³/mol. The topological polar surface area (TPSA) is 114 Å². The van der Waals surface area contributed by atoms with Gasteiger partial charge in [-0.15, -0.1) is 0 Å². The summed E-state index contributed by atoms with van der Waals surface area (Å²) in [5.41, 5.74) is -0.0261. The van der Waals surface area contributed by atoms with Gasteiger partial charge in [0.2, 0.25) is 0 Å². The van der Waals surface area contributed by atoms with Crippen molar-refractivity contribution in [3.05, 3.63) is 38.3 Å². The number of hydrogen-bond donors (Lipinski definition) is 3. The normalized spacial score (nSPS) is 21.2. The van der Waals surface area contributed by atoms with Crippen LogP contribution in [0.2, 0.25) is 0 Å². The Labute approximate surface area is 154 Å². The number of hydrogen-bond acceptors (Lipinski definition) is 6. The lowest BCUT2D eigenvalue weighted by Gasteiger charge is -2.24. The molecule has 2 fully saturated rings. The molecule has 27 heavy (non-hydrogen) atoms. The van der Waals surface area contributed by atoms with E-state index < -0.39 is 23.2 Å². The minimum absolute atomic E-state index is 0.0325. The first kappa shape index (κ1) is 18.0. The molecule has 0 amide bonds. The van der Waals surface area contributed by atoms with Crippen molar-refractivity contribution in [1.29, 1.82) is 0 Å². The van der Waals surface area contributed by atoms with Gasteiger partial charge >= 0.3 is 5.69 Å². The van der Waals surface area contributed by atoms with Crippen molar-refractivity contribution in [3.63, 3.8) is 0 Å². The van der Waals surface area contributed by atoms with Crippen molar-refractivity contribution in [2.75, 3.05) is 30.4 Å².